The van der Waals surface area contributed by atoms with Crippen LogP contribution in [0.4, 0.5) is 0 Å². The lowest BCUT2D eigenvalue weighted by atomic mass is 9.78. The number of aliphatic hydroxyl groups is 1. The predicted molar refractivity (Wildman–Crippen MR) is 159 cm³/mol. The highest BCUT2D eigenvalue weighted by molar-refractivity contribution is 6.80. The second-order valence-electron chi connectivity index (χ2n) is 14.2. The van der Waals surface area contributed by atoms with Crippen LogP contribution in [-0.2, 0) is 19.1 Å². The van der Waals surface area contributed by atoms with Gasteiger partial charge in [0.05, 0.1) is 20.3 Å². The van der Waals surface area contributed by atoms with Crippen LogP contribution in [0.25, 0.3) is 0 Å². The fraction of sp³-hybridized carbons (Fsp3) is 0.875. The fourth-order valence-corrected chi connectivity index (χ4v) is 14.8. The monoisotopic (exact) mass is 574 g/mol. The van der Waals surface area contributed by atoms with Gasteiger partial charge in [0.15, 0.2) is 5.60 Å². The molecule has 0 aromatic rings. The van der Waals surface area contributed by atoms with E-state index in [0.29, 0.717) is 29.5 Å². The maximum atomic E-state index is 14.7. The van der Waals surface area contributed by atoms with Gasteiger partial charge in [0.2, 0.25) is 5.91 Å². The number of hydrogen-bond donors (Lipinski definition) is 2. The summed E-state index contributed by atoms with van der Waals surface area (Å²) in [6, 6.07) is 0.211. The lowest BCUT2D eigenvalue weighted by Crippen LogP contribution is -2.51. The standard InChI is InChI=1S/C32H54N2O5Si/c1-21-30(40(4,5)26-15-13-25(38-3)14-16-26)29(17-18-35)39-32(21)27-11-6-7-12-28(27)34(31(32)37)20-23-9-8-10-24(19-23)33-22(2)36/h21,23-26,29-30,35H,6-20H2,1-5H3,(H,33,36)/t21-,23?,24?,25?,26?,29+,30-,32+/m1/s1. The molecule has 0 aromatic heterocycles. The second kappa shape index (κ2) is 12.2. The summed E-state index contributed by atoms with van der Waals surface area (Å²) in [7, 11) is -0.0343. The molecule has 5 rings (SSSR count). The highest BCUT2D eigenvalue weighted by Crippen LogP contribution is 2.61. The number of allylic oxidation sites excluding steroid dienone is 1. The molecule has 2 saturated carbocycles. The molecule has 5 aliphatic rings. The minimum Gasteiger partial charge on any atom is -0.396 e. The summed E-state index contributed by atoms with van der Waals surface area (Å²) in [6.45, 7) is 9.82. The van der Waals surface area contributed by atoms with Gasteiger partial charge in [-0.25, -0.2) is 0 Å². The van der Waals surface area contributed by atoms with Gasteiger partial charge in [0.25, 0.3) is 5.91 Å². The Morgan fingerprint density at radius 1 is 1.12 bits per heavy atom. The van der Waals surface area contributed by atoms with Gasteiger partial charge in [0, 0.05) is 44.8 Å². The first kappa shape index (κ1) is 30.2. The molecule has 3 aliphatic carbocycles. The Hall–Kier alpha value is -1.22. The highest BCUT2D eigenvalue weighted by Gasteiger charge is 2.67. The number of nitrogens with zero attached hydrogens (tertiary/aromatic N) is 1. The summed E-state index contributed by atoms with van der Waals surface area (Å²) in [5, 5.41) is 13.3. The van der Waals surface area contributed by atoms with Gasteiger partial charge in [-0.05, 0) is 86.8 Å². The topological polar surface area (TPSA) is 88.1 Å². The number of hydrogen-bond acceptors (Lipinski definition) is 5. The molecular formula is C32H54N2O5Si. The van der Waals surface area contributed by atoms with Crippen molar-refractivity contribution in [3.05, 3.63) is 11.3 Å². The Kier molecular flexibility index (Phi) is 9.21. The Balaban J connectivity index is 1.42. The van der Waals surface area contributed by atoms with Crippen LogP contribution in [0, 0.1) is 11.8 Å². The molecule has 40 heavy (non-hydrogen) atoms. The normalized spacial score (nSPS) is 38.7. The molecule has 6 atom stereocenters. The average molecular weight is 575 g/mol. The van der Waals surface area contributed by atoms with E-state index in [2.05, 4.69) is 30.2 Å². The molecule has 0 aromatic carbocycles. The average Bonchev–Trinajstić information content (AvgIpc) is 3.36. The highest BCUT2D eigenvalue weighted by atomic mass is 28.3. The smallest absolute Gasteiger partial charge is 0.263 e. The number of aliphatic hydroxyl groups excluding tert-OH is 1. The Morgan fingerprint density at radius 3 is 2.52 bits per heavy atom. The van der Waals surface area contributed by atoms with Gasteiger partial charge < -0.3 is 24.8 Å². The zero-order valence-corrected chi connectivity index (χ0v) is 26.7. The summed E-state index contributed by atoms with van der Waals surface area (Å²) in [5.74, 6) is 0.718. The van der Waals surface area contributed by atoms with E-state index in [9.17, 15) is 14.7 Å². The molecule has 2 heterocycles. The number of amides is 2. The van der Waals surface area contributed by atoms with Crippen molar-refractivity contribution in [3.8, 4) is 0 Å². The van der Waals surface area contributed by atoms with E-state index in [1.165, 1.54) is 24.1 Å². The van der Waals surface area contributed by atoms with Gasteiger partial charge >= 0.3 is 0 Å². The third-order valence-corrected chi connectivity index (χ3v) is 16.9. The van der Waals surface area contributed by atoms with Crippen molar-refractivity contribution < 1.29 is 24.2 Å². The van der Waals surface area contributed by atoms with Crippen LogP contribution in [0.5, 0.6) is 0 Å². The van der Waals surface area contributed by atoms with Crippen molar-refractivity contribution in [2.75, 3.05) is 20.3 Å². The largest absolute Gasteiger partial charge is 0.396 e. The zero-order valence-electron chi connectivity index (χ0n) is 25.7. The van der Waals surface area contributed by atoms with Crippen LogP contribution in [0.15, 0.2) is 11.3 Å². The summed E-state index contributed by atoms with van der Waals surface area (Å²) < 4.78 is 12.8. The van der Waals surface area contributed by atoms with Crippen LogP contribution in [0.1, 0.15) is 97.3 Å². The number of ether oxygens (including phenoxy) is 2. The quantitative estimate of drug-likeness (QED) is 0.372. The van der Waals surface area contributed by atoms with Crippen molar-refractivity contribution >= 4 is 19.9 Å². The van der Waals surface area contributed by atoms with Crippen molar-refractivity contribution in [1.29, 1.82) is 0 Å². The number of fused-ring (bicyclic) bond motifs is 1. The summed E-state index contributed by atoms with van der Waals surface area (Å²) in [6.07, 6.45) is 13.9. The molecule has 1 spiro atoms. The first-order valence-electron chi connectivity index (χ1n) is 16.3. The van der Waals surface area contributed by atoms with Crippen LogP contribution >= 0.6 is 0 Å². The van der Waals surface area contributed by atoms with Crippen molar-refractivity contribution in [2.45, 2.75) is 145 Å². The van der Waals surface area contributed by atoms with Crippen LogP contribution in [0.3, 0.4) is 0 Å². The lowest BCUT2D eigenvalue weighted by molar-refractivity contribution is -0.150. The fourth-order valence-electron chi connectivity index (χ4n) is 9.76. The lowest BCUT2D eigenvalue weighted by Gasteiger charge is -2.44. The number of methoxy groups -OCH3 is 1. The third-order valence-electron chi connectivity index (χ3n) is 11.7. The maximum absolute atomic E-state index is 14.7. The van der Waals surface area contributed by atoms with Crippen LogP contribution in [0.2, 0.25) is 24.2 Å². The molecule has 1 saturated heterocycles. The second-order valence-corrected chi connectivity index (χ2v) is 19.4. The Labute approximate surface area is 242 Å². The maximum Gasteiger partial charge on any atom is 0.263 e. The van der Waals surface area contributed by atoms with Gasteiger partial charge in [-0.2, -0.15) is 0 Å². The summed E-state index contributed by atoms with van der Waals surface area (Å²) >= 11 is 0. The number of rotatable bonds is 8. The van der Waals surface area contributed by atoms with Crippen LogP contribution < -0.4 is 5.32 Å². The van der Waals surface area contributed by atoms with Crippen LogP contribution in [-0.4, -0.2) is 74.0 Å². The molecule has 0 radical (unpaired) electrons. The Morgan fingerprint density at radius 2 is 1.85 bits per heavy atom. The van der Waals surface area contributed by atoms with Gasteiger partial charge in [-0.1, -0.05) is 39.3 Å². The molecule has 2 N–H and O–H groups in total. The molecule has 226 valence electrons. The number of nitrogens with one attached hydrogen (secondary N) is 1. The van der Waals surface area contributed by atoms with E-state index in [1.807, 2.05) is 7.11 Å². The predicted octanol–water partition coefficient (Wildman–Crippen LogP) is 5.55. The minimum atomic E-state index is -1.87. The number of carbonyl (C=O) groups is 2. The van der Waals surface area contributed by atoms with E-state index < -0.39 is 13.7 Å². The van der Waals surface area contributed by atoms with E-state index in [0.717, 1.165) is 70.8 Å². The van der Waals surface area contributed by atoms with E-state index >= 15 is 0 Å². The summed E-state index contributed by atoms with van der Waals surface area (Å²) in [5.41, 5.74) is 2.67. The molecule has 7 nitrogen and oxygen atoms in total. The van der Waals surface area contributed by atoms with Gasteiger partial charge in [-0.3, -0.25) is 9.59 Å². The van der Waals surface area contributed by atoms with Gasteiger partial charge in [0.1, 0.15) is 0 Å². The van der Waals surface area contributed by atoms with Crippen molar-refractivity contribution in [3.63, 3.8) is 0 Å². The Bertz CT molecular complexity index is 976. The summed E-state index contributed by atoms with van der Waals surface area (Å²) in [4.78, 5) is 28.6. The van der Waals surface area contributed by atoms with E-state index in [4.69, 9.17) is 9.47 Å². The zero-order chi connectivity index (χ0) is 28.7. The number of carbonyl (C=O) groups excluding carboxylic acids is 2. The van der Waals surface area contributed by atoms with Crippen molar-refractivity contribution in [2.24, 2.45) is 11.8 Å². The molecule has 2 unspecified atom stereocenters. The molecular weight excluding hydrogens is 520 g/mol. The minimum absolute atomic E-state index is 0.0377. The third kappa shape index (κ3) is 5.35. The first-order chi connectivity index (χ1) is 19.1. The first-order valence-corrected chi connectivity index (χ1v) is 19.4. The van der Waals surface area contributed by atoms with E-state index in [1.54, 1.807) is 6.92 Å². The van der Waals surface area contributed by atoms with Crippen molar-refractivity contribution in [1.82, 2.24) is 10.2 Å². The molecule has 2 aliphatic heterocycles. The molecule has 0 bridgehead atoms. The van der Waals surface area contributed by atoms with E-state index in [-0.39, 0.29) is 36.5 Å². The molecule has 3 fully saturated rings. The SMILES string of the molecule is COC1CCC([Si](C)(C)[C@H]2[C@H](CCO)O[C@@]3(C(=O)N(CC4CCCC(NC(C)=O)C4)C4=C3CCCC4)[C@@H]2C)CC1. The molecule has 2 amide bonds. The molecule has 8 heteroatoms. The van der Waals surface area contributed by atoms with Gasteiger partial charge in [-0.15, -0.1) is 0 Å².